The van der Waals surface area contributed by atoms with E-state index in [1.807, 2.05) is 0 Å². The minimum atomic E-state index is -7.35. The Morgan fingerprint density at radius 2 is 1.07 bits per heavy atom. The van der Waals surface area contributed by atoms with Crippen LogP contribution in [0.3, 0.4) is 0 Å². The van der Waals surface area contributed by atoms with Crippen molar-refractivity contribution in [3.8, 4) is 0 Å². The first-order chi connectivity index (χ1) is 5.75. The molecule has 0 fully saturated rings. The molecule has 0 saturated heterocycles. The van der Waals surface area contributed by atoms with Crippen LogP contribution in [0.15, 0.2) is 0 Å². The molecule has 0 atom stereocenters. The Bertz CT molecular complexity index is 312. The molecule has 0 rings (SSSR count). The molecule has 0 radical (unpaired) electrons. The molecule has 14 heavy (non-hydrogen) atoms. The summed E-state index contributed by atoms with van der Waals surface area (Å²) in [5.41, 5.74) is 0. The van der Waals surface area contributed by atoms with Gasteiger partial charge in [0.15, 0.2) is 0 Å². The topological polar surface area (TPSA) is 34.1 Å². The van der Waals surface area contributed by atoms with Crippen molar-refractivity contribution < 1.29 is 43.0 Å². The highest BCUT2D eigenvalue weighted by molar-refractivity contribution is 7.87. The van der Waals surface area contributed by atoms with Gasteiger partial charge < -0.3 is 0 Å². The highest BCUT2D eigenvalue weighted by Gasteiger charge is 2.79. The van der Waals surface area contributed by atoms with Crippen LogP contribution < -0.4 is 0 Å². The van der Waals surface area contributed by atoms with E-state index < -0.39 is 27.6 Å². The third-order valence-electron chi connectivity index (χ3n) is 1.03. The van der Waals surface area contributed by atoms with Gasteiger partial charge >= 0.3 is 27.6 Å². The minimum Gasteiger partial charge on any atom is -0.188 e. The molecule has 0 N–H and O–H groups in total. The predicted molar refractivity (Wildman–Crippen MR) is 26.0 cm³/mol. The van der Waals surface area contributed by atoms with E-state index in [1.165, 1.54) is 0 Å². The molecule has 0 aliphatic rings. The van der Waals surface area contributed by atoms with Crippen LogP contribution in [0.4, 0.5) is 34.6 Å². The van der Waals surface area contributed by atoms with Gasteiger partial charge in [0.25, 0.3) is 0 Å². The summed E-state index contributed by atoms with van der Waals surface area (Å²) in [6.07, 6.45) is -6.87. The molecule has 0 aromatic carbocycles. The van der Waals surface area contributed by atoms with Crippen LogP contribution in [0.1, 0.15) is 0 Å². The van der Waals surface area contributed by atoms with Crippen molar-refractivity contribution >= 4 is 10.2 Å². The van der Waals surface area contributed by atoms with Gasteiger partial charge in [0.1, 0.15) is 0 Å². The van der Waals surface area contributed by atoms with Crippen molar-refractivity contribution in [2.24, 2.45) is 0 Å². The molecule has 0 spiro atoms. The molecule has 0 aromatic rings. The average molecular weight is 252 g/mol. The van der Waals surface area contributed by atoms with Gasteiger partial charge in [-0.25, -0.2) is 0 Å². The number of halogens is 8. The Labute approximate surface area is 71.7 Å². The van der Waals surface area contributed by atoms with Crippen LogP contribution in [0.5, 0.6) is 0 Å². The lowest BCUT2D eigenvalue weighted by atomic mass is 10.3. The van der Waals surface area contributed by atoms with Crippen LogP contribution in [-0.2, 0) is 10.2 Å². The summed E-state index contributed by atoms with van der Waals surface area (Å²) in [5.74, 6) is -6.98. The Hall–Kier alpha value is -0.610. The molecule has 2 nitrogen and oxygen atoms in total. The number of hydrogen-bond donors (Lipinski definition) is 0. The molecule has 0 saturated carbocycles. The first-order valence-corrected chi connectivity index (χ1v) is 3.90. The standard InChI is InChI=1S/C3F8O2S/c4-1(5,2(6,7)8)3(9,10)14(11,12)13. The summed E-state index contributed by atoms with van der Waals surface area (Å²) < 4.78 is 111. The Morgan fingerprint density at radius 1 is 0.786 bits per heavy atom. The minimum absolute atomic E-state index is 6.84. The monoisotopic (exact) mass is 252 g/mol. The van der Waals surface area contributed by atoms with Crippen LogP contribution >= 0.6 is 0 Å². The Balaban J connectivity index is 5.54. The van der Waals surface area contributed by atoms with Gasteiger partial charge in [-0.05, 0) is 0 Å². The number of hydrogen-bond acceptors (Lipinski definition) is 2. The van der Waals surface area contributed by atoms with Gasteiger partial charge in [0.05, 0.1) is 0 Å². The molecular weight excluding hydrogens is 252 g/mol. The third kappa shape index (κ3) is 1.77. The van der Waals surface area contributed by atoms with Gasteiger partial charge in [-0.3, -0.25) is 0 Å². The number of alkyl halides is 7. The molecule has 0 aliphatic heterocycles. The lowest BCUT2D eigenvalue weighted by Crippen LogP contribution is -2.54. The van der Waals surface area contributed by atoms with Crippen LogP contribution in [0.25, 0.3) is 0 Å². The second kappa shape index (κ2) is 2.94. The van der Waals surface area contributed by atoms with E-state index in [0.717, 1.165) is 0 Å². The lowest BCUT2D eigenvalue weighted by Gasteiger charge is -2.24. The van der Waals surface area contributed by atoms with Crippen molar-refractivity contribution in [1.29, 1.82) is 0 Å². The van der Waals surface area contributed by atoms with Gasteiger partial charge in [-0.15, -0.1) is 0 Å². The molecule has 0 aromatic heterocycles. The van der Waals surface area contributed by atoms with Crippen molar-refractivity contribution in [3.63, 3.8) is 0 Å². The Morgan fingerprint density at radius 3 is 1.14 bits per heavy atom. The zero-order valence-electron chi connectivity index (χ0n) is 5.75. The van der Waals surface area contributed by atoms with Crippen LogP contribution in [0.2, 0.25) is 0 Å². The SMILES string of the molecule is O=S(=O)(F)C(F)(F)C(F)(F)C(F)(F)F. The third-order valence-corrected chi connectivity index (χ3v) is 1.90. The first-order valence-electron chi connectivity index (χ1n) is 2.51. The van der Waals surface area contributed by atoms with E-state index in [9.17, 15) is 43.0 Å². The first kappa shape index (κ1) is 13.4. The summed E-state index contributed by atoms with van der Waals surface area (Å²) in [7, 11) is -7.35. The molecule has 86 valence electrons. The zero-order valence-corrected chi connectivity index (χ0v) is 6.56. The van der Waals surface area contributed by atoms with E-state index in [-0.39, 0.29) is 0 Å². The fraction of sp³-hybridized carbons (Fsp3) is 1.00. The molecule has 0 aliphatic carbocycles. The second-order valence-corrected chi connectivity index (χ2v) is 3.42. The summed E-state index contributed by atoms with van der Waals surface area (Å²) >= 11 is 0. The van der Waals surface area contributed by atoms with E-state index in [0.29, 0.717) is 0 Å². The highest BCUT2D eigenvalue weighted by Crippen LogP contribution is 2.49. The van der Waals surface area contributed by atoms with Crippen molar-refractivity contribution in [2.75, 3.05) is 0 Å². The van der Waals surface area contributed by atoms with Gasteiger partial charge in [0, 0.05) is 0 Å². The van der Waals surface area contributed by atoms with E-state index in [1.54, 1.807) is 0 Å². The molecular formula is C3F8O2S. The van der Waals surface area contributed by atoms with Crippen molar-refractivity contribution in [3.05, 3.63) is 0 Å². The average Bonchev–Trinajstić information content (AvgIpc) is 1.81. The summed E-state index contributed by atoms with van der Waals surface area (Å²) in [5, 5.41) is -6.84. The van der Waals surface area contributed by atoms with Crippen LogP contribution in [0, 0.1) is 0 Å². The van der Waals surface area contributed by atoms with Gasteiger partial charge in [-0.1, -0.05) is 3.89 Å². The molecule has 0 heterocycles. The smallest absolute Gasteiger partial charge is 0.188 e. The second-order valence-electron chi connectivity index (χ2n) is 2.03. The maximum absolute atomic E-state index is 11.8. The maximum Gasteiger partial charge on any atom is 0.461 e. The zero-order chi connectivity index (χ0) is 12.0. The Kier molecular flexibility index (Phi) is 2.81. The lowest BCUT2D eigenvalue weighted by molar-refractivity contribution is -0.332. The quantitative estimate of drug-likeness (QED) is 0.557. The molecule has 0 amide bonds. The normalized spacial score (nSPS) is 15.7. The summed E-state index contributed by atoms with van der Waals surface area (Å²) in [6.45, 7) is 0. The van der Waals surface area contributed by atoms with E-state index in [2.05, 4.69) is 0 Å². The van der Waals surface area contributed by atoms with Gasteiger partial charge in [0.2, 0.25) is 0 Å². The van der Waals surface area contributed by atoms with E-state index >= 15 is 0 Å². The van der Waals surface area contributed by atoms with Crippen LogP contribution in [-0.4, -0.2) is 25.8 Å². The molecule has 11 heteroatoms. The highest BCUT2D eigenvalue weighted by atomic mass is 32.3. The largest absolute Gasteiger partial charge is 0.461 e. The summed E-state index contributed by atoms with van der Waals surface area (Å²) in [4.78, 5) is 0. The van der Waals surface area contributed by atoms with E-state index in [4.69, 9.17) is 0 Å². The summed E-state index contributed by atoms with van der Waals surface area (Å²) in [6, 6.07) is 0. The predicted octanol–water partition coefficient (Wildman–Crippen LogP) is 2.08. The fourth-order valence-electron chi connectivity index (χ4n) is 0.318. The molecule has 0 unspecified atom stereocenters. The molecule has 0 bridgehead atoms. The van der Waals surface area contributed by atoms with Gasteiger partial charge in [-0.2, -0.15) is 39.2 Å². The van der Waals surface area contributed by atoms with Crippen molar-refractivity contribution in [1.82, 2.24) is 0 Å². The maximum atomic E-state index is 11.8. The number of rotatable bonds is 2. The van der Waals surface area contributed by atoms with Crippen molar-refractivity contribution in [2.45, 2.75) is 17.4 Å². The fourth-order valence-corrected chi connectivity index (χ4v) is 0.740.